The molecular formula is C14H23NO3. The normalized spacial score (nSPS) is 17.6. The maximum Gasteiger partial charge on any atom is 0.410 e. The van der Waals surface area contributed by atoms with Gasteiger partial charge in [0.25, 0.3) is 0 Å². The van der Waals surface area contributed by atoms with Gasteiger partial charge in [0.15, 0.2) is 5.78 Å². The van der Waals surface area contributed by atoms with Crippen LogP contribution in [0.4, 0.5) is 4.79 Å². The molecule has 102 valence electrons. The highest BCUT2D eigenvalue weighted by molar-refractivity contribution is 6.03. The van der Waals surface area contributed by atoms with Gasteiger partial charge < -0.3 is 4.74 Å². The number of ether oxygens (including phenoxy) is 1. The Bertz CT molecular complexity index is 375. The molecule has 1 fully saturated rings. The molecule has 4 heteroatoms. The third-order valence-corrected chi connectivity index (χ3v) is 3.30. The molecule has 1 aliphatic carbocycles. The van der Waals surface area contributed by atoms with Gasteiger partial charge in [0.2, 0.25) is 0 Å². The average Bonchev–Trinajstić information content (AvgIpc) is 2.12. The minimum Gasteiger partial charge on any atom is -0.444 e. The van der Waals surface area contributed by atoms with Crippen LogP contribution in [-0.4, -0.2) is 35.0 Å². The van der Waals surface area contributed by atoms with Gasteiger partial charge in [0.05, 0.1) is 0 Å². The van der Waals surface area contributed by atoms with Crippen LogP contribution in [0.1, 0.15) is 47.0 Å². The van der Waals surface area contributed by atoms with Gasteiger partial charge in [-0.25, -0.2) is 4.79 Å². The molecule has 0 bridgehead atoms. The first kappa shape index (κ1) is 14.7. The van der Waals surface area contributed by atoms with Crippen LogP contribution < -0.4 is 0 Å². The second-order valence-corrected chi connectivity index (χ2v) is 6.03. The second kappa shape index (κ2) is 4.75. The Hall–Kier alpha value is -1.32. The molecule has 0 atom stereocenters. The van der Waals surface area contributed by atoms with Crippen LogP contribution in [0.3, 0.4) is 0 Å². The number of rotatable bonds is 3. The predicted octanol–water partition coefficient (Wildman–Crippen LogP) is 2.92. The van der Waals surface area contributed by atoms with E-state index in [4.69, 9.17) is 4.74 Å². The Kier molecular flexibility index (Phi) is 3.89. The molecule has 0 heterocycles. The largest absolute Gasteiger partial charge is 0.444 e. The highest BCUT2D eigenvalue weighted by Gasteiger charge is 2.50. The number of amides is 1. The molecule has 0 aromatic heterocycles. The van der Waals surface area contributed by atoms with Crippen molar-refractivity contribution in [2.45, 2.75) is 58.1 Å². The summed E-state index contributed by atoms with van der Waals surface area (Å²) >= 11 is 0. The third-order valence-electron chi connectivity index (χ3n) is 3.30. The first-order chi connectivity index (χ1) is 8.10. The Morgan fingerprint density at radius 2 is 1.78 bits per heavy atom. The highest BCUT2D eigenvalue weighted by atomic mass is 16.6. The number of nitrogens with zero attached hydrogens (tertiary/aromatic N) is 1. The molecule has 0 aromatic carbocycles. The molecule has 0 radical (unpaired) electrons. The SMILES string of the molecule is C=C(C)C(=O)C1(N(C)C(=O)OC(C)(C)C)CCC1. The molecule has 0 N–H and O–H groups in total. The first-order valence-corrected chi connectivity index (χ1v) is 6.27. The number of carbonyl (C=O) groups excluding carboxylic acids is 2. The van der Waals surface area contributed by atoms with Crippen LogP contribution in [0.15, 0.2) is 12.2 Å². The Morgan fingerprint density at radius 3 is 2.06 bits per heavy atom. The van der Waals surface area contributed by atoms with E-state index in [-0.39, 0.29) is 5.78 Å². The number of ketones is 1. The van der Waals surface area contributed by atoms with Crippen molar-refractivity contribution in [2.24, 2.45) is 0 Å². The molecular weight excluding hydrogens is 230 g/mol. The number of Topliss-reactive ketones (excluding diaryl/α,β-unsaturated/α-hetero) is 1. The molecule has 4 nitrogen and oxygen atoms in total. The van der Waals surface area contributed by atoms with E-state index >= 15 is 0 Å². The van der Waals surface area contributed by atoms with E-state index in [1.54, 1.807) is 14.0 Å². The van der Waals surface area contributed by atoms with Crippen LogP contribution in [-0.2, 0) is 9.53 Å². The van der Waals surface area contributed by atoms with E-state index in [0.717, 1.165) is 6.42 Å². The average molecular weight is 253 g/mol. The zero-order valence-corrected chi connectivity index (χ0v) is 12.0. The minimum atomic E-state index is -0.728. The van der Waals surface area contributed by atoms with Gasteiger partial charge >= 0.3 is 6.09 Å². The van der Waals surface area contributed by atoms with Crippen molar-refractivity contribution in [3.05, 3.63) is 12.2 Å². The second-order valence-electron chi connectivity index (χ2n) is 6.03. The smallest absolute Gasteiger partial charge is 0.410 e. The fourth-order valence-electron chi connectivity index (χ4n) is 2.13. The summed E-state index contributed by atoms with van der Waals surface area (Å²) in [5, 5.41) is 0. The van der Waals surface area contributed by atoms with Crippen molar-refractivity contribution >= 4 is 11.9 Å². The van der Waals surface area contributed by atoms with Crippen molar-refractivity contribution in [3.63, 3.8) is 0 Å². The summed E-state index contributed by atoms with van der Waals surface area (Å²) in [5.74, 6) is -0.0536. The van der Waals surface area contributed by atoms with E-state index in [2.05, 4.69) is 6.58 Å². The molecule has 1 amide bonds. The zero-order chi connectivity index (χ0) is 14.1. The lowest BCUT2D eigenvalue weighted by atomic mass is 9.71. The van der Waals surface area contributed by atoms with E-state index in [9.17, 15) is 9.59 Å². The number of likely N-dealkylation sites (N-methyl/N-ethyl adjacent to an activating group) is 1. The van der Waals surface area contributed by atoms with Crippen molar-refractivity contribution in [1.82, 2.24) is 4.90 Å². The summed E-state index contributed by atoms with van der Waals surface area (Å²) in [5.41, 5.74) is -0.790. The molecule has 0 aliphatic heterocycles. The fraction of sp³-hybridized carbons (Fsp3) is 0.714. The maximum atomic E-state index is 12.2. The standard InChI is InChI=1S/C14H23NO3/c1-10(2)11(16)14(8-7-9-14)15(6)12(17)18-13(3,4)5/h1,7-9H2,2-6H3. The third kappa shape index (κ3) is 2.74. The lowest BCUT2D eigenvalue weighted by Gasteiger charge is -2.47. The first-order valence-electron chi connectivity index (χ1n) is 6.27. The maximum absolute atomic E-state index is 12.2. The Balaban J connectivity index is 2.86. The number of carbonyl (C=O) groups is 2. The number of hydrogen-bond donors (Lipinski definition) is 0. The van der Waals surface area contributed by atoms with Gasteiger partial charge in [0, 0.05) is 7.05 Å². The van der Waals surface area contributed by atoms with Crippen LogP contribution in [0, 0.1) is 0 Å². The number of hydrogen-bond acceptors (Lipinski definition) is 3. The zero-order valence-electron chi connectivity index (χ0n) is 12.0. The van der Waals surface area contributed by atoms with Crippen molar-refractivity contribution < 1.29 is 14.3 Å². The monoisotopic (exact) mass is 253 g/mol. The van der Waals surface area contributed by atoms with E-state index in [1.165, 1.54) is 4.90 Å². The quantitative estimate of drug-likeness (QED) is 0.726. The highest BCUT2D eigenvalue weighted by Crippen LogP contribution is 2.40. The summed E-state index contributed by atoms with van der Waals surface area (Å²) in [6, 6.07) is 0. The summed E-state index contributed by atoms with van der Waals surface area (Å²) in [6.45, 7) is 10.8. The topological polar surface area (TPSA) is 46.6 Å². The van der Waals surface area contributed by atoms with Crippen molar-refractivity contribution in [1.29, 1.82) is 0 Å². The van der Waals surface area contributed by atoms with Gasteiger partial charge in [-0.1, -0.05) is 6.58 Å². The summed E-state index contributed by atoms with van der Waals surface area (Å²) in [4.78, 5) is 25.7. The van der Waals surface area contributed by atoms with Gasteiger partial charge in [0.1, 0.15) is 11.1 Å². The van der Waals surface area contributed by atoms with E-state index < -0.39 is 17.2 Å². The van der Waals surface area contributed by atoms with Gasteiger partial charge in [-0.3, -0.25) is 9.69 Å². The minimum absolute atomic E-state index is 0.0536. The van der Waals surface area contributed by atoms with Gasteiger partial charge in [-0.05, 0) is 52.5 Å². The molecule has 0 spiro atoms. The predicted molar refractivity (Wildman–Crippen MR) is 70.4 cm³/mol. The van der Waals surface area contributed by atoms with Gasteiger partial charge in [-0.15, -0.1) is 0 Å². The van der Waals surface area contributed by atoms with Crippen LogP contribution in [0.25, 0.3) is 0 Å². The lowest BCUT2D eigenvalue weighted by molar-refractivity contribution is -0.131. The summed E-state index contributed by atoms with van der Waals surface area (Å²) < 4.78 is 5.32. The summed E-state index contributed by atoms with van der Waals surface area (Å²) in [7, 11) is 1.63. The Labute approximate surface area is 109 Å². The van der Waals surface area contributed by atoms with Crippen LogP contribution in [0.5, 0.6) is 0 Å². The van der Waals surface area contributed by atoms with Gasteiger partial charge in [-0.2, -0.15) is 0 Å². The van der Waals surface area contributed by atoms with Crippen LogP contribution >= 0.6 is 0 Å². The summed E-state index contributed by atoms with van der Waals surface area (Å²) in [6.07, 6.45) is 1.88. The lowest BCUT2D eigenvalue weighted by Crippen LogP contribution is -2.60. The molecule has 1 aliphatic rings. The molecule has 1 rings (SSSR count). The molecule has 0 saturated heterocycles. The van der Waals surface area contributed by atoms with Crippen molar-refractivity contribution in [3.8, 4) is 0 Å². The fourth-order valence-corrected chi connectivity index (χ4v) is 2.13. The van der Waals surface area contributed by atoms with Crippen molar-refractivity contribution in [2.75, 3.05) is 7.05 Å². The van der Waals surface area contributed by atoms with E-state index in [0.29, 0.717) is 18.4 Å². The molecule has 0 unspecified atom stereocenters. The Morgan fingerprint density at radius 1 is 1.28 bits per heavy atom. The molecule has 18 heavy (non-hydrogen) atoms. The van der Waals surface area contributed by atoms with Crippen LogP contribution in [0.2, 0.25) is 0 Å². The molecule has 1 saturated carbocycles. The van der Waals surface area contributed by atoms with E-state index in [1.807, 2.05) is 20.8 Å². The molecule has 0 aromatic rings.